The standard InChI is InChI=1S/C14H20N4O2/c1-17-14-12(7-16-17)13(4-5-15-14)18-8-11(20-3)6-10(18)9-19-2/h4-5,7,10-11H,6,8-9H2,1-3H3/t10-,11+/m0/s1. The van der Waals surface area contributed by atoms with Crippen molar-refractivity contribution < 1.29 is 9.47 Å². The van der Waals surface area contributed by atoms with E-state index in [0.29, 0.717) is 12.6 Å². The molecule has 1 aliphatic heterocycles. The van der Waals surface area contributed by atoms with E-state index in [9.17, 15) is 0 Å². The number of aryl methyl sites for hydroxylation is 1. The van der Waals surface area contributed by atoms with E-state index >= 15 is 0 Å². The number of fused-ring (bicyclic) bond motifs is 1. The molecule has 3 heterocycles. The largest absolute Gasteiger partial charge is 0.383 e. The van der Waals surface area contributed by atoms with Gasteiger partial charge >= 0.3 is 0 Å². The Hall–Kier alpha value is -1.66. The highest BCUT2D eigenvalue weighted by Gasteiger charge is 2.33. The molecule has 20 heavy (non-hydrogen) atoms. The Labute approximate surface area is 118 Å². The molecule has 1 aliphatic rings. The van der Waals surface area contributed by atoms with Crippen LogP contribution in [0.3, 0.4) is 0 Å². The molecular weight excluding hydrogens is 256 g/mol. The minimum absolute atomic E-state index is 0.245. The van der Waals surface area contributed by atoms with E-state index in [0.717, 1.165) is 29.7 Å². The van der Waals surface area contributed by atoms with Gasteiger partial charge in [-0.05, 0) is 12.5 Å². The first kappa shape index (κ1) is 13.3. The molecule has 0 spiro atoms. The topological polar surface area (TPSA) is 52.4 Å². The van der Waals surface area contributed by atoms with Crippen LogP contribution in [0.5, 0.6) is 0 Å². The highest BCUT2D eigenvalue weighted by molar-refractivity contribution is 5.89. The van der Waals surface area contributed by atoms with Crippen molar-refractivity contribution in [1.29, 1.82) is 0 Å². The number of aromatic nitrogens is 3. The van der Waals surface area contributed by atoms with Crippen LogP contribution in [0, 0.1) is 0 Å². The first-order valence-electron chi connectivity index (χ1n) is 6.79. The van der Waals surface area contributed by atoms with Crippen LogP contribution in [0.15, 0.2) is 18.5 Å². The molecule has 2 aromatic heterocycles. The van der Waals surface area contributed by atoms with Crippen LogP contribution in [0.25, 0.3) is 11.0 Å². The van der Waals surface area contributed by atoms with Crippen molar-refractivity contribution in [3.63, 3.8) is 0 Å². The molecule has 0 radical (unpaired) electrons. The summed E-state index contributed by atoms with van der Waals surface area (Å²) in [6.07, 6.45) is 4.94. The third-order valence-corrected chi connectivity index (χ3v) is 3.99. The summed E-state index contributed by atoms with van der Waals surface area (Å²) in [7, 11) is 5.42. The monoisotopic (exact) mass is 276 g/mol. The zero-order chi connectivity index (χ0) is 14.1. The van der Waals surface area contributed by atoms with Crippen LogP contribution < -0.4 is 4.90 Å². The number of hydrogen-bond acceptors (Lipinski definition) is 5. The summed E-state index contributed by atoms with van der Waals surface area (Å²) < 4.78 is 12.7. The van der Waals surface area contributed by atoms with E-state index in [4.69, 9.17) is 9.47 Å². The third-order valence-electron chi connectivity index (χ3n) is 3.99. The Bertz CT molecular complexity index is 598. The summed E-state index contributed by atoms with van der Waals surface area (Å²) in [5.74, 6) is 0. The molecule has 0 saturated carbocycles. The Morgan fingerprint density at radius 2 is 2.25 bits per heavy atom. The van der Waals surface area contributed by atoms with Gasteiger partial charge in [-0.1, -0.05) is 0 Å². The molecule has 0 N–H and O–H groups in total. The predicted molar refractivity (Wildman–Crippen MR) is 76.9 cm³/mol. The molecule has 0 aliphatic carbocycles. The van der Waals surface area contributed by atoms with Gasteiger partial charge in [0.15, 0.2) is 5.65 Å². The van der Waals surface area contributed by atoms with Crippen LogP contribution >= 0.6 is 0 Å². The van der Waals surface area contributed by atoms with E-state index in [2.05, 4.69) is 15.0 Å². The number of hydrogen-bond donors (Lipinski definition) is 0. The van der Waals surface area contributed by atoms with Crippen molar-refractivity contribution in [3.8, 4) is 0 Å². The van der Waals surface area contributed by atoms with Gasteiger partial charge in [0.2, 0.25) is 0 Å². The summed E-state index contributed by atoms with van der Waals surface area (Å²) in [5.41, 5.74) is 2.06. The minimum atomic E-state index is 0.245. The molecule has 0 bridgehead atoms. The lowest BCUT2D eigenvalue weighted by atomic mass is 10.2. The van der Waals surface area contributed by atoms with Gasteiger partial charge in [-0.15, -0.1) is 0 Å². The quantitative estimate of drug-likeness (QED) is 0.840. The zero-order valence-electron chi connectivity index (χ0n) is 12.1. The molecule has 1 fully saturated rings. The number of ether oxygens (including phenoxy) is 2. The summed E-state index contributed by atoms with van der Waals surface area (Å²) in [5, 5.41) is 5.38. The normalized spacial score (nSPS) is 22.9. The van der Waals surface area contributed by atoms with Crippen LogP contribution in [0.2, 0.25) is 0 Å². The van der Waals surface area contributed by atoms with Crippen LogP contribution in [0.4, 0.5) is 5.69 Å². The Kier molecular flexibility index (Phi) is 3.58. The maximum Gasteiger partial charge on any atom is 0.159 e. The summed E-state index contributed by atoms with van der Waals surface area (Å²) in [6, 6.07) is 2.38. The first-order chi connectivity index (χ1) is 9.74. The SMILES string of the molecule is COC[C@@H]1C[C@@H](OC)CN1c1ccnc2c1cnn2C. The molecule has 6 nitrogen and oxygen atoms in total. The number of rotatable bonds is 4. The van der Waals surface area contributed by atoms with Crippen LogP contribution in [0.1, 0.15) is 6.42 Å². The lowest BCUT2D eigenvalue weighted by Gasteiger charge is -2.26. The minimum Gasteiger partial charge on any atom is -0.383 e. The lowest BCUT2D eigenvalue weighted by Crippen LogP contribution is -2.33. The van der Waals surface area contributed by atoms with E-state index in [1.165, 1.54) is 0 Å². The average molecular weight is 276 g/mol. The number of pyridine rings is 1. The fourth-order valence-electron chi connectivity index (χ4n) is 2.97. The molecule has 3 rings (SSSR count). The van der Waals surface area contributed by atoms with Gasteiger partial charge in [0.1, 0.15) is 0 Å². The predicted octanol–water partition coefficient (Wildman–Crippen LogP) is 1.21. The molecular formula is C14H20N4O2. The molecule has 0 amide bonds. The van der Waals surface area contributed by atoms with E-state index < -0.39 is 0 Å². The molecule has 1 saturated heterocycles. The molecule has 6 heteroatoms. The summed E-state index contributed by atoms with van der Waals surface area (Å²) >= 11 is 0. The molecule has 0 unspecified atom stereocenters. The fourth-order valence-corrected chi connectivity index (χ4v) is 2.97. The van der Waals surface area contributed by atoms with Crippen molar-refractivity contribution in [3.05, 3.63) is 18.5 Å². The van der Waals surface area contributed by atoms with Crippen molar-refractivity contribution in [2.75, 3.05) is 32.3 Å². The Morgan fingerprint density at radius 1 is 1.40 bits per heavy atom. The molecule has 0 aromatic carbocycles. The second kappa shape index (κ2) is 5.38. The van der Waals surface area contributed by atoms with Gasteiger partial charge < -0.3 is 14.4 Å². The van der Waals surface area contributed by atoms with Crippen molar-refractivity contribution >= 4 is 16.7 Å². The van der Waals surface area contributed by atoms with Crippen molar-refractivity contribution in [2.24, 2.45) is 7.05 Å². The second-order valence-electron chi connectivity index (χ2n) is 5.19. The number of methoxy groups -OCH3 is 2. The van der Waals surface area contributed by atoms with Gasteiger partial charge in [-0.25, -0.2) is 4.98 Å². The van der Waals surface area contributed by atoms with Crippen molar-refractivity contribution in [1.82, 2.24) is 14.8 Å². The first-order valence-corrected chi connectivity index (χ1v) is 6.79. The summed E-state index contributed by atoms with van der Waals surface area (Å²) in [6.45, 7) is 1.57. The van der Waals surface area contributed by atoms with Gasteiger partial charge in [0.05, 0.1) is 36.0 Å². The Morgan fingerprint density at radius 3 is 3.00 bits per heavy atom. The average Bonchev–Trinajstić information content (AvgIpc) is 3.04. The molecule has 2 atom stereocenters. The van der Waals surface area contributed by atoms with Gasteiger partial charge in [0.25, 0.3) is 0 Å². The maximum absolute atomic E-state index is 5.52. The van der Waals surface area contributed by atoms with Crippen molar-refractivity contribution in [2.45, 2.75) is 18.6 Å². The zero-order valence-corrected chi connectivity index (χ0v) is 12.1. The van der Waals surface area contributed by atoms with E-state index in [1.54, 1.807) is 18.9 Å². The smallest absolute Gasteiger partial charge is 0.159 e. The highest BCUT2D eigenvalue weighted by Crippen LogP contribution is 2.32. The lowest BCUT2D eigenvalue weighted by molar-refractivity contribution is 0.111. The highest BCUT2D eigenvalue weighted by atomic mass is 16.5. The summed E-state index contributed by atoms with van der Waals surface area (Å²) in [4.78, 5) is 6.74. The van der Waals surface area contributed by atoms with Crippen LogP contribution in [-0.4, -0.2) is 54.3 Å². The fraction of sp³-hybridized carbons (Fsp3) is 0.571. The Balaban J connectivity index is 2.00. The van der Waals surface area contributed by atoms with Gasteiger partial charge in [0, 0.05) is 34.0 Å². The van der Waals surface area contributed by atoms with E-state index in [-0.39, 0.29) is 6.10 Å². The van der Waals surface area contributed by atoms with Crippen LogP contribution in [-0.2, 0) is 16.5 Å². The van der Waals surface area contributed by atoms with Gasteiger partial charge in [-0.3, -0.25) is 4.68 Å². The van der Waals surface area contributed by atoms with E-state index in [1.807, 2.05) is 25.5 Å². The van der Waals surface area contributed by atoms with Gasteiger partial charge in [-0.2, -0.15) is 5.10 Å². The number of anilines is 1. The molecule has 108 valence electrons. The molecule has 2 aromatic rings. The maximum atomic E-state index is 5.52. The third kappa shape index (κ3) is 2.14. The second-order valence-corrected chi connectivity index (χ2v) is 5.19. The number of nitrogens with zero attached hydrogens (tertiary/aromatic N) is 4.